The van der Waals surface area contributed by atoms with Gasteiger partial charge in [-0.15, -0.1) is 18.2 Å². The normalized spacial score (nSPS) is 19.1. The molecule has 1 aliphatic heterocycles. The van der Waals surface area contributed by atoms with E-state index in [4.69, 9.17) is 6.42 Å². The van der Waals surface area contributed by atoms with Gasteiger partial charge in [0.15, 0.2) is 0 Å². The van der Waals surface area contributed by atoms with E-state index in [2.05, 4.69) is 38.8 Å². The third kappa shape index (κ3) is 2.26. The van der Waals surface area contributed by atoms with Crippen molar-refractivity contribution in [3.05, 3.63) is 34.4 Å². The lowest BCUT2D eigenvalue weighted by Gasteiger charge is -2.25. The summed E-state index contributed by atoms with van der Waals surface area (Å²) < 4.78 is 0. The number of hydrogen-bond donors (Lipinski definition) is 0. The Morgan fingerprint density at radius 2 is 2.00 bits per heavy atom. The molecular formula is C15H17NOS. The molecule has 1 unspecified atom stereocenters. The molecule has 94 valence electrons. The topological polar surface area (TPSA) is 20.3 Å². The average molecular weight is 259 g/mol. The van der Waals surface area contributed by atoms with Gasteiger partial charge >= 0.3 is 0 Å². The van der Waals surface area contributed by atoms with Crippen LogP contribution in [0.5, 0.6) is 0 Å². The van der Waals surface area contributed by atoms with Crippen LogP contribution in [-0.4, -0.2) is 23.1 Å². The van der Waals surface area contributed by atoms with E-state index < -0.39 is 0 Å². The predicted molar refractivity (Wildman–Crippen MR) is 76.4 cm³/mol. The number of terminal acetylenes is 1. The summed E-state index contributed by atoms with van der Waals surface area (Å²) in [4.78, 5) is 13.6. The van der Waals surface area contributed by atoms with Crippen LogP contribution in [0.1, 0.15) is 27.6 Å². The SMILES string of the molecule is C#CCN1C(=O)CSC1c1c(C)cc(C)cc1C. The van der Waals surface area contributed by atoms with Gasteiger partial charge in [0.05, 0.1) is 12.3 Å². The van der Waals surface area contributed by atoms with Gasteiger partial charge in [-0.2, -0.15) is 0 Å². The van der Waals surface area contributed by atoms with E-state index in [1.807, 2.05) is 0 Å². The molecule has 0 aromatic heterocycles. The summed E-state index contributed by atoms with van der Waals surface area (Å²) in [6, 6.07) is 4.33. The predicted octanol–water partition coefficient (Wildman–Crippen LogP) is 2.82. The van der Waals surface area contributed by atoms with Crippen LogP contribution in [0.2, 0.25) is 0 Å². The Bertz CT molecular complexity index is 507. The number of rotatable bonds is 2. The van der Waals surface area contributed by atoms with Crippen molar-refractivity contribution in [1.29, 1.82) is 0 Å². The molecule has 0 spiro atoms. The van der Waals surface area contributed by atoms with Gasteiger partial charge in [0.1, 0.15) is 5.37 Å². The van der Waals surface area contributed by atoms with E-state index in [1.165, 1.54) is 22.3 Å². The molecule has 1 amide bonds. The summed E-state index contributed by atoms with van der Waals surface area (Å²) in [6.45, 7) is 6.69. The first-order valence-corrected chi connectivity index (χ1v) is 7.01. The van der Waals surface area contributed by atoms with Crippen molar-refractivity contribution in [2.75, 3.05) is 12.3 Å². The Morgan fingerprint density at radius 3 is 2.56 bits per heavy atom. The second-order valence-corrected chi connectivity index (χ2v) is 5.77. The Labute approximate surface area is 113 Å². The van der Waals surface area contributed by atoms with E-state index in [0.717, 1.165) is 0 Å². The van der Waals surface area contributed by atoms with Gasteiger partial charge in [-0.3, -0.25) is 4.79 Å². The summed E-state index contributed by atoms with van der Waals surface area (Å²) in [7, 11) is 0. The molecule has 0 N–H and O–H groups in total. The maximum Gasteiger partial charge on any atom is 0.234 e. The minimum absolute atomic E-state index is 0.0779. The number of carbonyl (C=O) groups excluding carboxylic acids is 1. The third-order valence-electron chi connectivity index (χ3n) is 3.21. The minimum atomic E-state index is 0.0779. The van der Waals surface area contributed by atoms with E-state index in [9.17, 15) is 4.79 Å². The van der Waals surface area contributed by atoms with E-state index in [1.54, 1.807) is 16.7 Å². The van der Waals surface area contributed by atoms with E-state index in [-0.39, 0.29) is 11.3 Å². The van der Waals surface area contributed by atoms with Crippen molar-refractivity contribution in [1.82, 2.24) is 4.90 Å². The molecule has 1 aliphatic rings. The number of carbonyl (C=O) groups is 1. The zero-order chi connectivity index (χ0) is 13.3. The maximum atomic E-state index is 11.8. The van der Waals surface area contributed by atoms with Gasteiger partial charge in [0, 0.05) is 0 Å². The van der Waals surface area contributed by atoms with Crippen LogP contribution in [0.3, 0.4) is 0 Å². The fourth-order valence-electron chi connectivity index (χ4n) is 2.54. The molecule has 1 aromatic rings. The number of nitrogens with zero attached hydrogens (tertiary/aromatic N) is 1. The van der Waals surface area contributed by atoms with Gasteiger partial charge in [0.2, 0.25) is 5.91 Å². The van der Waals surface area contributed by atoms with Gasteiger partial charge in [0.25, 0.3) is 0 Å². The second-order valence-electron chi connectivity index (χ2n) is 4.70. The van der Waals surface area contributed by atoms with Crippen molar-refractivity contribution in [2.45, 2.75) is 26.1 Å². The highest BCUT2D eigenvalue weighted by atomic mass is 32.2. The van der Waals surface area contributed by atoms with E-state index >= 15 is 0 Å². The molecule has 1 fully saturated rings. The maximum absolute atomic E-state index is 11.8. The Morgan fingerprint density at radius 1 is 1.39 bits per heavy atom. The minimum Gasteiger partial charge on any atom is -0.315 e. The Hall–Kier alpha value is -1.40. The monoisotopic (exact) mass is 259 g/mol. The smallest absolute Gasteiger partial charge is 0.234 e. The molecule has 1 aromatic carbocycles. The highest BCUT2D eigenvalue weighted by Gasteiger charge is 2.33. The summed E-state index contributed by atoms with van der Waals surface area (Å²) in [5.74, 6) is 3.25. The van der Waals surface area contributed by atoms with Gasteiger partial charge in [-0.25, -0.2) is 0 Å². The molecular weight excluding hydrogens is 242 g/mol. The molecule has 18 heavy (non-hydrogen) atoms. The van der Waals surface area contributed by atoms with Crippen molar-refractivity contribution in [2.24, 2.45) is 0 Å². The van der Waals surface area contributed by atoms with Crippen LogP contribution in [0.25, 0.3) is 0 Å². The summed E-state index contributed by atoms with van der Waals surface area (Å²) in [5, 5.41) is 0.0779. The molecule has 0 radical (unpaired) electrons. The van der Waals surface area contributed by atoms with Crippen LogP contribution >= 0.6 is 11.8 Å². The number of aryl methyl sites for hydroxylation is 3. The van der Waals surface area contributed by atoms with Crippen molar-refractivity contribution in [3.63, 3.8) is 0 Å². The van der Waals surface area contributed by atoms with Gasteiger partial charge in [-0.1, -0.05) is 23.6 Å². The van der Waals surface area contributed by atoms with Crippen LogP contribution in [0.4, 0.5) is 0 Å². The molecule has 0 saturated carbocycles. The second kappa shape index (κ2) is 5.07. The number of hydrogen-bond acceptors (Lipinski definition) is 2. The first-order chi connectivity index (χ1) is 8.54. The molecule has 1 atom stereocenters. The quantitative estimate of drug-likeness (QED) is 0.761. The number of thioether (sulfide) groups is 1. The molecule has 2 rings (SSSR count). The van der Waals surface area contributed by atoms with Crippen molar-refractivity contribution < 1.29 is 4.79 Å². The molecule has 3 heteroatoms. The summed E-state index contributed by atoms with van der Waals surface area (Å²) in [6.07, 6.45) is 5.36. The van der Waals surface area contributed by atoms with Gasteiger partial charge in [-0.05, 0) is 37.5 Å². The first kappa shape index (κ1) is 13.0. The molecule has 2 nitrogen and oxygen atoms in total. The summed E-state index contributed by atoms with van der Waals surface area (Å²) >= 11 is 1.67. The standard InChI is InChI=1S/C15H17NOS/c1-5-6-16-13(17)9-18-15(16)14-11(3)7-10(2)8-12(14)4/h1,7-8,15H,6,9H2,2-4H3. The average Bonchev–Trinajstić information content (AvgIpc) is 2.61. The molecule has 1 saturated heterocycles. The van der Waals surface area contributed by atoms with E-state index in [0.29, 0.717) is 12.3 Å². The van der Waals surface area contributed by atoms with Crippen LogP contribution in [-0.2, 0) is 4.79 Å². The Balaban J connectivity index is 2.43. The zero-order valence-electron chi connectivity index (χ0n) is 11.0. The summed E-state index contributed by atoms with van der Waals surface area (Å²) in [5.41, 5.74) is 4.97. The number of benzene rings is 1. The van der Waals surface area contributed by atoms with Crippen molar-refractivity contribution >= 4 is 17.7 Å². The molecule has 1 heterocycles. The fraction of sp³-hybridized carbons (Fsp3) is 0.400. The Kier molecular flexibility index (Phi) is 3.68. The van der Waals surface area contributed by atoms with Gasteiger partial charge < -0.3 is 4.90 Å². The van der Waals surface area contributed by atoms with Crippen molar-refractivity contribution in [3.8, 4) is 12.3 Å². The number of amides is 1. The van der Waals surface area contributed by atoms with Crippen LogP contribution < -0.4 is 0 Å². The zero-order valence-corrected chi connectivity index (χ0v) is 11.8. The molecule has 0 bridgehead atoms. The first-order valence-electron chi connectivity index (χ1n) is 5.97. The highest BCUT2D eigenvalue weighted by Crippen LogP contribution is 2.41. The van der Waals surface area contributed by atoms with Crippen LogP contribution in [0.15, 0.2) is 12.1 Å². The third-order valence-corrected chi connectivity index (χ3v) is 4.43. The fourth-order valence-corrected chi connectivity index (χ4v) is 3.92. The lowest BCUT2D eigenvalue weighted by atomic mass is 9.99. The molecule has 0 aliphatic carbocycles. The highest BCUT2D eigenvalue weighted by molar-refractivity contribution is 8.00. The van der Waals surface area contributed by atoms with Crippen LogP contribution in [0, 0.1) is 33.1 Å². The lowest BCUT2D eigenvalue weighted by Crippen LogP contribution is -2.29. The lowest BCUT2D eigenvalue weighted by molar-refractivity contribution is -0.127. The largest absolute Gasteiger partial charge is 0.315 e.